The molecule has 0 saturated heterocycles. The number of nitrogens with one attached hydrogen (secondary N) is 1. The van der Waals surface area contributed by atoms with Crippen molar-refractivity contribution in [2.45, 2.75) is 44.7 Å². The van der Waals surface area contributed by atoms with Gasteiger partial charge in [0, 0.05) is 13.1 Å². The molecule has 0 unspecified atom stereocenters. The van der Waals surface area contributed by atoms with Crippen LogP contribution < -0.4 is 21.9 Å². The Morgan fingerprint density at radius 2 is 2.10 bits per heavy atom. The van der Waals surface area contributed by atoms with E-state index in [-0.39, 0.29) is 23.2 Å². The predicted molar refractivity (Wildman–Crippen MR) is 121 cm³/mol. The molecule has 0 fully saturated rings. The number of thiophene rings is 1. The molecule has 0 atom stereocenters. The molecule has 0 radical (unpaired) electrons. The van der Waals surface area contributed by atoms with E-state index in [1.165, 1.54) is 38.9 Å². The first-order chi connectivity index (χ1) is 14.5. The van der Waals surface area contributed by atoms with Crippen LogP contribution in [0.5, 0.6) is 0 Å². The highest BCUT2D eigenvalue weighted by Crippen LogP contribution is 2.29. The Balaban J connectivity index is 1.91. The number of carbonyl (C=O) groups excluding carboxylic acids is 1. The topological polar surface area (TPSA) is 127 Å². The number of anilines is 2. The zero-order valence-corrected chi connectivity index (χ0v) is 18.5. The fourth-order valence-electron chi connectivity index (χ4n) is 3.04. The SMILES string of the molecule is CCCCN(C(=O)CSc1ncnc2ccsc12)c1c(N)n(CCC)c(=O)[nH]c1=O. The molecular formula is C19H24N6O3S2. The van der Waals surface area contributed by atoms with E-state index >= 15 is 0 Å². The maximum Gasteiger partial charge on any atom is 0.330 e. The Morgan fingerprint density at radius 1 is 1.30 bits per heavy atom. The standard InChI is InChI=1S/C19H24N6O3S2/c1-3-5-8-24(14-16(20)25(7-4-2)19(28)23-17(14)27)13(26)10-30-18-15-12(6-9-29-15)21-11-22-18/h6,9,11H,3-5,7-8,10,20H2,1-2H3,(H,23,27,28). The van der Waals surface area contributed by atoms with Crippen LogP contribution in [0.3, 0.4) is 0 Å². The van der Waals surface area contributed by atoms with Gasteiger partial charge in [-0.3, -0.25) is 19.1 Å². The van der Waals surface area contributed by atoms with Crippen LogP contribution >= 0.6 is 23.1 Å². The number of aromatic nitrogens is 4. The second-order valence-electron chi connectivity index (χ2n) is 6.65. The molecular weight excluding hydrogens is 424 g/mol. The van der Waals surface area contributed by atoms with Gasteiger partial charge in [0.05, 0.1) is 16.0 Å². The summed E-state index contributed by atoms with van der Waals surface area (Å²) in [5.41, 5.74) is 5.82. The molecule has 3 heterocycles. The lowest BCUT2D eigenvalue weighted by molar-refractivity contribution is -0.116. The molecule has 3 rings (SSSR count). The van der Waals surface area contributed by atoms with E-state index in [2.05, 4.69) is 15.0 Å². The summed E-state index contributed by atoms with van der Waals surface area (Å²) in [6, 6.07) is 1.90. The number of thioether (sulfide) groups is 1. The van der Waals surface area contributed by atoms with E-state index in [4.69, 9.17) is 5.73 Å². The average Bonchev–Trinajstić information content (AvgIpc) is 3.21. The highest BCUT2D eigenvalue weighted by Gasteiger charge is 2.24. The van der Waals surface area contributed by atoms with Crippen LogP contribution in [0, 0.1) is 0 Å². The van der Waals surface area contributed by atoms with Gasteiger partial charge in [0.2, 0.25) is 5.91 Å². The Morgan fingerprint density at radius 3 is 2.83 bits per heavy atom. The maximum atomic E-state index is 13.1. The molecule has 0 aliphatic heterocycles. The summed E-state index contributed by atoms with van der Waals surface area (Å²) >= 11 is 2.81. The summed E-state index contributed by atoms with van der Waals surface area (Å²) < 4.78 is 2.22. The van der Waals surface area contributed by atoms with E-state index < -0.39 is 11.2 Å². The van der Waals surface area contributed by atoms with Gasteiger partial charge < -0.3 is 10.6 Å². The number of nitrogen functional groups attached to an aromatic ring is 1. The normalized spacial score (nSPS) is 11.1. The fraction of sp³-hybridized carbons (Fsp3) is 0.421. The second-order valence-corrected chi connectivity index (χ2v) is 8.53. The number of rotatable bonds is 9. The number of hydrogen-bond acceptors (Lipinski definition) is 8. The van der Waals surface area contributed by atoms with Crippen LogP contribution in [0.4, 0.5) is 11.5 Å². The highest BCUT2D eigenvalue weighted by atomic mass is 32.2. The molecule has 9 nitrogen and oxygen atoms in total. The van der Waals surface area contributed by atoms with Gasteiger partial charge in [-0.05, 0) is 24.3 Å². The van der Waals surface area contributed by atoms with Crippen molar-refractivity contribution in [3.8, 4) is 0 Å². The minimum Gasteiger partial charge on any atom is -0.383 e. The molecule has 160 valence electrons. The van der Waals surface area contributed by atoms with Gasteiger partial charge >= 0.3 is 5.69 Å². The van der Waals surface area contributed by atoms with Crippen LogP contribution in [0.2, 0.25) is 0 Å². The molecule has 30 heavy (non-hydrogen) atoms. The van der Waals surface area contributed by atoms with Crippen LogP contribution in [-0.2, 0) is 11.3 Å². The van der Waals surface area contributed by atoms with Crippen molar-refractivity contribution < 1.29 is 4.79 Å². The number of unbranched alkanes of at least 4 members (excludes halogenated alkanes) is 1. The number of aromatic amines is 1. The van der Waals surface area contributed by atoms with Crippen LogP contribution in [0.1, 0.15) is 33.1 Å². The van der Waals surface area contributed by atoms with Crippen molar-refractivity contribution in [1.29, 1.82) is 0 Å². The van der Waals surface area contributed by atoms with Gasteiger partial charge in [0.15, 0.2) is 5.69 Å². The molecule has 3 aromatic heterocycles. The van der Waals surface area contributed by atoms with E-state index in [0.717, 1.165) is 21.7 Å². The summed E-state index contributed by atoms with van der Waals surface area (Å²) in [5.74, 6) is -0.169. The molecule has 3 N–H and O–H groups in total. The van der Waals surface area contributed by atoms with E-state index in [1.807, 2.05) is 25.3 Å². The fourth-order valence-corrected chi connectivity index (χ4v) is 4.86. The maximum absolute atomic E-state index is 13.1. The molecule has 0 aliphatic carbocycles. The Bertz CT molecular complexity index is 1150. The Hall–Kier alpha value is -2.66. The van der Waals surface area contributed by atoms with Gasteiger partial charge in [-0.1, -0.05) is 32.0 Å². The molecule has 1 amide bonds. The quantitative estimate of drug-likeness (QED) is 0.380. The Labute approximate surface area is 181 Å². The molecule has 3 aromatic rings. The van der Waals surface area contributed by atoms with Gasteiger partial charge in [0.25, 0.3) is 5.56 Å². The predicted octanol–water partition coefficient (Wildman–Crippen LogP) is 2.46. The number of fused-ring (bicyclic) bond motifs is 1. The lowest BCUT2D eigenvalue weighted by Gasteiger charge is -2.24. The zero-order valence-electron chi connectivity index (χ0n) is 16.9. The number of H-pyrrole nitrogens is 1. The van der Waals surface area contributed by atoms with Gasteiger partial charge in [0.1, 0.15) is 17.2 Å². The zero-order chi connectivity index (χ0) is 21.7. The molecule has 11 heteroatoms. The van der Waals surface area contributed by atoms with Crippen molar-refractivity contribution >= 4 is 50.7 Å². The third kappa shape index (κ3) is 4.57. The van der Waals surface area contributed by atoms with Gasteiger partial charge in [-0.2, -0.15) is 0 Å². The average molecular weight is 449 g/mol. The third-order valence-corrected chi connectivity index (χ3v) is 6.52. The second kappa shape index (κ2) is 9.90. The summed E-state index contributed by atoms with van der Waals surface area (Å²) in [6.45, 7) is 4.60. The molecule has 0 spiro atoms. The minimum absolute atomic E-state index is 0.0164. The van der Waals surface area contributed by atoms with E-state index in [1.54, 1.807) is 0 Å². The van der Waals surface area contributed by atoms with Crippen molar-refractivity contribution in [3.63, 3.8) is 0 Å². The van der Waals surface area contributed by atoms with E-state index in [9.17, 15) is 14.4 Å². The first-order valence-corrected chi connectivity index (χ1v) is 11.6. The van der Waals surface area contributed by atoms with Gasteiger partial charge in [-0.25, -0.2) is 14.8 Å². The number of amides is 1. The smallest absolute Gasteiger partial charge is 0.330 e. The lowest BCUT2D eigenvalue weighted by Crippen LogP contribution is -2.42. The first-order valence-electron chi connectivity index (χ1n) is 9.71. The van der Waals surface area contributed by atoms with Crippen molar-refractivity contribution in [2.75, 3.05) is 22.9 Å². The first kappa shape index (κ1) is 22.0. The number of nitrogens with two attached hydrogens (primary N) is 1. The number of hydrogen-bond donors (Lipinski definition) is 2. The summed E-state index contributed by atoms with van der Waals surface area (Å²) in [4.78, 5) is 50.0. The molecule has 0 bridgehead atoms. The third-order valence-electron chi connectivity index (χ3n) is 4.51. The number of nitrogens with zero attached hydrogens (tertiary/aromatic N) is 4. The van der Waals surface area contributed by atoms with Crippen molar-refractivity contribution in [3.05, 3.63) is 38.6 Å². The van der Waals surface area contributed by atoms with Crippen LogP contribution in [0.25, 0.3) is 10.2 Å². The number of carbonyl (C=O) groups is 1. The monoisotopic (exact) mass is 448 g/mol. The summed E-state index contributed by atoms with van der Waals surface area (Å²) in [7, 11) is 0. The summed E-state index contributed by atoms with van der Waals surface area (Å²) in [6.07, 6.45) is 3.68. The Kier molecular flexibility index (Phi) is 7.27. The largest absolute Gasteiger partial charge is 0.383 e. The lowest BCUT2D eigenvalue weighted by atomic mass is 10.2. The highest BCUT2D eigenvalue weighted by molar-refractivity contribution is 8.00. The minimum atomic E-state index is -0.651. The van der Waals surface area contributed by atoms with Crippen LogP contribution in [0.15, 0.2) is 32.4 Å². The van der Waals surface area contributed by atoms with Gasteiger partial charge in [-0.15, -0.1) is 11.3 Å². The molecule has 0 aromatic carbocycles. The summed E-state index contributed by atoms with van der Waals surface area (Å²) in [5, 5.41) is 2.65. The van der Waals surface area contributed by atoms with Crippen LogP contribution in [-0.4, -0.2) is 37.7 Å². The van der Waals surface area contributed by atoms with Crippen molar-refractivity contribution in [2.24, 2.45) is 0 Å². The van der Waals surface area contributed by atoms with E-state index in [0.29, 0.717) is 25.9 Å². The van der Waals surface area contributed by atoms with Crippen molar-refractivity contribution in [1.82, 2.24) is 19.5 Å². The molecule has 0 aliphatic rings. The molecule has 0 saturated carbocycles.